The summed E-state index contributed by atoms with van der Waals surface area (Å²) in [7, 11) is 0. The average molecular weight is 279 g/mol. The van der Waals surface area contributed by atoms with Gasteiger partial charge in [0.1, 0.15) is 5.69 Å². The number of tetrazole rings is 1. The molecule has 2 heterocycles. The van der Waals surface area contributed by atoms with Crippen LogP contribution in [0.25, 0.3) is 0 Å². The Labute approximate surface area is 113 Å². The van der Waals surface area contributed by atoms with Gasteiger partial charge < -0.3 is 9.88 Å². The van der Waals surface area contributed by atoms with Gasteiger partial charge in [-0.15, -0.1) is 10.2 Å². The molecule has 0 aliphatic carbocycles. The minimum absolute atomic E-state index is 0.0977. The Morgan fingerprint density at radius 1 is 1.60 bits per heavy atom. The third kappa shape index (κ3) is 2.96. The van der Waals surface area contributed by atoms with E-state index >= 15 is 0 Å². The van der Waals surface area contributed by atoms with E-state index in [-0.39, 0.29) is 17.9 Å². The maximum atomic E-state index is 12.0. The maximum Gasteiger partial charge on any atom is 0.287 e. The number of hydrogen-bond acceptors (Lipinski definition) is 6. The Hall–Kier alpha value is -2.78. The van der Waals surface area contributed by atoms with Crippen LogP contribution < -0.4 is 5.32 Å². The second-order valence-corrected chi connectivity index (χ2v) is 4.04. The minimum Gasteiger partial charge on any atom is -0.343 e. The van der Waals surface area contributed by atoms with Crippen molar-refractivity contribution in [3.05, 3.63) is 33.9 Å². The molecule has 10 heteroatoms. The first kappa shape index (κ1) is 13.6. The van der Waals surface area contributed by atoms with Gasteiger partial charge in [-0.25, -0.2) is 0 Å². The van der Waals surface area contributed by atoms with Gasteiger partial charge in [0.05, 0.1) is 17.7 Å². The lowest BCUT2D eigenvalue weighted by Crippen LogP contribution is -2.25. The predicted octanol–water partition coefficient (Wildman–Crippen LogP) is 0.249. The Balaban J connectivity index is 2.13. The first-order chi connectivity index (χ1) is 9.61. The molecule has 0 atom stereocenters. The van der Waals surface area contributed by atoms with Crippen LogP contribution in [0, 0.1) is 10.1 Å². The molecule has 2 aromatic rings. The van der Waals surface area contributed by atoms with Crippen molar-refractivity contribution in [1.29, 1.82) is 0 Å². The molecule has 2 rings (SSSR count). The Kier molecular flexibility index (Phi) is 4.03. The number of nitrogens with zero attached hydrogens (tertiary/aromatic N) is 5. The van der Waals surface area contributed by atoms with Crippen LogP contribution in [0.2, 0.25) is 0 Å². The van der Waals surface area contributed by atoms with Crippen molar-refractivity contribution in [3.63, 3.8) is 0 Å². The van der Waals surface area contributed by atoms with Crippen molar-refractivity contribution in [2.75, 3.05) is 0 Å². The fraction of sp³-hybridized carbons (Fsp3) is 0.400. The summed E-state index contributed by atoms with van der Waals surface area (Å²) in [6.07, 6.45) is 2.11. The molecule has 20 heavy (non-hydrogen) atoms. The highest BCUT2D eigenvalue weighted by Gasteiger charge is 2.19. The van der Waals surface area contributed by atoms with Crippen LogP contribution in [0.15, 0.2) is 12.3 Å². The third-order valence-corrected chi connectivity index (χ3v) is 2.59. The summed E-state index contributed by atoms with van der Waals surface area (Å²) >= 11 is 0. The van der Waals surface area contributed by atoms with Crippen LogP contribution in [0.4, 0.5) is 5.69 Å². The summed E-state index contributed by atoms with van der Waals surface area (Å²) in [5.74, 6) is -0.0854. The molecule has 0 fully saturated rings. The highest BCUT2D eigenvalue weighted by molar-refractivity contribution is 5.93. The van der Waals surface area contributed by atoms with Gasteiger partial charge in [-0.2, -0.15) is 5.21 Å². The summed E-state index contributed by atoms with van der Waals surface area (Å²) in [5.41, 5.74) is 0.130. The van der Waals surface area contributed by atoms with Crippen LogP contribution in [0.3, 0.4) is 0 Å². The van der Waals surface area contributed by atoms with E-state index < -0.39 is 10.8 Å². The predicted molar refractivity (Wildman–Crippen MR) is 66.7 cm³/mol. The van der Waals surface area contributed by atoms with E-state index in [1.165, 1.54) is 12.3 Å². The second kappa shape index (κ2) is 5.91. The molecular weight excluding hydrogens is 266 g/mol. The number of aromatic nitrogens is 5. The number of aryl methyl sites for hydroxylation is 1. The summed E-state index contributed by atoms with van der Waals surface area (Å²) in [6, 6.07) is 1.25. The van der Waals surface area contributed by atoms with Crippen molar-refractivity contribution in [2.24, 2.45) is 0 Å². The third-order valence-electron chi connectivity index (χ3n) is 2.59. The maximum absolute atomic E-state index is 12.0. The summed E-state index contributed by atoms with van der Waals surface area (Å²) in [6.45, 7) is 2.55. The lowest BCUT2D eigenvalue weighted by atomic mass is 10.3. The smallest absolute Gasteiger partial charge is 0.287 e. The van der Waals surface area contributed by atoms with Crippen molar-refractivity contribution in [2.45, 2.75) is 26.4 Å². The molecule has 1 amide bonds. The van der Waals surface area contributed by atoms with Gasteiger partial charge in [0.25, 0.3) is 11.6 Å². The molecule has 10 nitrogen and oxygen atoms in total. The monoisotopic (exact) mass is 279 g/mol. The van der Waals surface area contributed by atoms with Gasteiger partial charge in [0.15, 0.2) is 5.82 Å². The highest BCUT2D eigenvalue weighted by atomic mass is 16.6. The van der Waals surface area contributed by atoms with Crippen LogP contribution >= 0.6 is 0 Å². The number of aromatic amines is 1. The van der Waals surface area contributed by atoms with Crippen molar-refractivity contribution in [3.8, 4) is 0 Å². The molecule has 0 aromatic carbocycles. The van der Waals surface area contributed by atoms with Crippen LogP contribution in [0.5, 0.6) is 0 Å². The number of nitro groups is 1. The summed E-state index contributed by atoms with van der Waals surface area (Å²) in [4.78, 5) is 22.3. The molecule has 0 unspecified atom stereocenters. The highest BCUT2D eigenvalue weighted by Crippen LogP contribution is 2.17. The lowest BCUT2D eigenvalue weighted by Gasteiger charge is -2.06. The number of rotatable bonds is 6. The first-order valence-corrected chi connectivity index (χ1v) is 5.97. The largest absolute Gasteiger partial charge is 0.343 e. The van der Waals surface area contributed by atoms with Gasteiger partial charge in [-0.05, 0) is 6.42 Å². The molecule has 0 saturated heterocycles. The molecule has 0 radical (unpaired) electrons. The number of carbonyl (C=O) groups excluding carboxylic acids is 1. The second-order valence-electron chi connectivity index (χ2n) is 4.04. The van der Waals surface area contributed by atoms with Crippen molar-refractivity contribution >= 4 is 11.6 Å². The number of carbonyl (C=O) groups is 1. The van der Waals surface area contributed by atoms with Crippen LogP contribution in [-0.2, 0) is 13.1 Å². The fourth-order valence-electron chi connectivity index (χ4n) is 1.72. The zero-order valence-electron chi connectivity index (χ0n) is 10.7. The molecule has 0 aliphatic rings. The quantitative estimate of drug-likeness (QED) is 0.575. The number of amides is 1. The van der Waals surface area contributed by atoms with Crippen LogP contribution in [-0.4, -0.2) is 36.0 Å². The van der Waals surface area contributed by atoms with E-state index in [0.29, 0.717) is 12.4 Å². The van der Waals surface area contributed by atoms with E-state index in [1.807, 2.05) is 6.92 Å². The molecule has 106 valence electrons. The average Bonchev–Trinajstić information content (AvgIpc) is 3.05. The number of H-pyrrole nitrogens is 1. The normalized spacial score (nSPS) is 10.4. The van der Waals surface area contributed by atoms with Gasteiger partial charge in [-0.3, -0.25) is 14.9 Å². The zero-order valence-corrected chi connectivity index (χ0v) is 10.7. The molecule has 2 N–H and O–H groups in total. The molecule has 0 bridgehead atoms. The fourth-order valence-corrected chi connectivity index (χ4v) is 1.72. The van der Waals surface area contributed by atoms with Crippen molar-refractivity contribution in [1.82, 2.24) is 30.5 Å². The summed E-state index contributed by atoms with van der Waals surface area (Å²) in [5, 5.41) is 26.4. The number of nitrogens with one attached hydrogen (secondary N) is 2. The van der Waals surface area contributed by atoms with Gasteiger partial charge in [0, 0.05) is 12.6 Å². The van der Waals surface area contributed by atoms with E-state index in [4.69, 9.17) is 0 Å². The standard InChI is InChI=1S/C10H13N7O3/c1-2-3-16-6-7(17(19)20)4-8(16)10(18)11-5-9-12-14-15-13-9/h4,6H,2-3,5H2,1H3,(H,11,18)(H,12,13,14,15). The number of hydrogen-bond donors (Lipinski definition) is 2. The molecule has 0 saturated carbocycles. The Morgan fingerprint density at radius 2 is 2.40 bits per heavy atom. The molecule has 0 aliphatic heterocycles. The van der Waals surface area contributed by atoms with E-state index in [0.717, 1.165) is 6.42 Å². The first-order valence-electron chi connectivity index (χ1n) is 5.97. The van der Waals surface area contributed by atoms with Crippen molar-refractivity contribution < 1.29 is 9.72 Å². The van der Waals surface area contributed by atoms with E-state index in [2.05, 4.69) is 25.9 Å². The van der Waals surface area contributed by atoms with Crippen LogP contribution in [0.1, 0.15) is 29.7 Å². The lowest BCUT2D eigenvalue weighted by molar-refractivity contribution is -0.384. The van der Waals surface area contributed by atoms with E-state index in [1.54, 1.807) is 4.57 Å². The molecule has 0 spiro atoms. The molecule has 2 aromatic heterocycles. The van der Waals surface area contributed by atoms with Gasteiger partial charge >= 0.3 is 0 Å². The van der Waals surface area contributed by atoms with Gasteiger partial charge in [0.2, 0.25) is 0 Å². The Morgan fingerprint density at radius 3 is 3.00 bits per heavy atom. The van der Waals surface area contributed by atoms with E-state index in [9.17, 15) is 14.9 Å². The summed E-state index contributed by atoms with van der Waals surface area (Å²) < 4.78 is 1.56. The zero-order chi connectivity index (χ0) is 14.5. The minimum atomic E-state index is -0.526. The Bertz CT molecular complexity index is 604. The van der Waals surface area contributed by atoms with Gasteiger partial charge in [-0.1, -0.05) is 12.1 Å². The topological polar surface area (TPSA) is 132 Å². The SMILES string of the molecule is CCCn1cc([N+](=O)[O-])cc1C(=O)NCc1nn[nH]n1. The molecular formula is C10H13N7O3.